The van der Waals surface area contributed by atoms with Crippen molar-refractivity contribution in [2.75, 3.05) is 13.2 Å². The zero-order chi connectivity index (χ0) is 53.6. The molecule has 0 amide bonds. The minimum absolute atomic E-state index is 0.0708. The van der Waals surface area contributed by atoms with Gasteiger partial charge >= 0.3 is 17.9 Å². The Morgan fingerprint density at radius 1 is 0.270 bits per heavy atom. The first-order valence-electron chi connectivity index (χ1n) is 33.0. The highest BCUT2D eigenvalue weighted by molar-refractivity contribution is 5.71. The van der Waals surface area contributed by atoms with Crippen molar-refractivity contribution in [2.45, 2.75) is 367 Å². The molecule has 0 bridgehead atoms. The topological polar surface area (TPSA) is 78.9 Å². The Hall–Kier alpha value is -2.37. The van der Waals surface area contributed by atoms with Crippen molar-refractivity contribution in [3.05, 3.63) is 36.5 Å². The molecule has 0 radical (unpaired) electrons. The Balaban J connectivity index is 4.10. The van der Waals surface area contributed by atoms with Gasteiger partial charge in [-0.05, 0) is 77.0 Å². The maximum atomic E-state index is 12.9. The van der Waals surface area contributed by atoms with Crippen LogP contribution >= 0.6 is 0 Å². The van der Waals surface area contributed by atoms with Gasteiger partial charge in [-0.25, -0.2) is 0 Å². The molecule has 0 aromatic heterocycles. The van der Waals surface area contributed by atoms with Gasteiger partial charge in [-0.3, -0.25) is 14.4 Å². The van der Waals surface area contributed by atoms with Gasteiger partial charge < -0.3 is 14.2 Å². The van der Waals surface area contributed by atoms with E-state index in [0.717, 1.165) is 70.6 Å². The van der Waals surface area contributed by atoms with Crippen LogP contribution in [0.1, 0.15) is 361 Å². The van der Waals surface area contributed by atoms with E-state index in [-0.39, 0.29) is 31.1 Å². The van der Waals surface area contributed by atoms with Crippen molar-refractivity contribution in [3.63, 3.8) is 0 Å². The van der Waals surface area contributed by atoms with Crippen LogP contribution < -0.4 is 0 Å². The standard InChI is InChI=1S/C68H126O6/c1-4-7-10-13-16-19-21-23-25-27-29-30-31-32-33-34-35-36-37-38-39-41-42-44-46-49-52-55-58-61-67(70)73-64-65(63-72-66(69)60-57-54-51-48-18-15-12-9-6-3)74-68(71)62-59-56-53-50-47-45-43-40-28-26-24-22-20-17-14-11-8-5-2/h20,22,26-29,65H,4-19,21,23-25,30-64H2,1-3H3/b22-20-,28-26-,29-27-. The van der Waals surface area contributed by atoms with E-state index in [4.69, 9.17) is 14.2 Å². The average molecular weight is 1040 g/mol. The lowest BCUT2D eigenvalue weighted by Gasteiger charge is -2.18. The fourth-order valence-corrected chi connectivity index (χ4v) is 9.88. The Morgan fingerprint density at radius 3 is 0.770 bits per heavy atom. The van der Waals surface area contributed by atoms with Gasteiger partial charge in [0.25, 0.3) is 0 Å². The van der Waals surface area contributed by atoms with Crippen LogP contribution in [0.3, 0.4) is 0 Å². The molecular weight excluding hydrogens is 913 g/mol. The number of carbonyl (C=O) groups is 3. The van der Waals surface area contributed by atoms with Crippen molar-refractivity contribution >= 4 is 17.9 Å². The molecule has 6 heteroatoms. The Bertz CT molecular complexity index is 1240. The summed E-state index contributed by atoms with van der Waals surface area (Å²) in [5, 5.41) is 0. The van der Waals surface area contributed by atoms with Gasteiger partial charge in [0, 0.05) is 19.3 Å². The summed E-state index contributed by atoms with van der Waals surface area (Å²) >= 11 is 0. The SMILES string of the molecule is CCCCCC/C=C\C/C=C\CCCCCCCCCC(=O)OC(COC(=O)CCCCCCCCCCC)COC(=O)CCCCCCCCCCCCCCCCCCC/C=C\CCCCCCCCCC. The average Bonchev–Trinajstić information content (AvgIpc) is 3.40. The van der Waals surface area contributed by atoms with Crippen molar-refractivity contribution in [1.82, 2.24) is 0 Å². The van der Waals surface area contributed by atoms with Crippen LogP contribution in [0.4, 0.5) is 0 Å². The summed E-state index contributed by atoms with van der Waals surface area (Å²) in [6, 6.07) is 0. The molecule has 0 aliphatic carbocycles. The van der Waals surface area contributed by atoms with Gasteiger partial charge in [0.15, 0.2) is 6.10 Å². The van der Waals surface area contributed by atoms with Gasteiger partial charge in [0.05, 0.1) is 0 Å². The molecular formula is C68H126O6. The Kier molecular flexibility index (Phi) is 61.1. The van der Waals surface area contributed by atoms with E-state index in [0.29, 0.717) is 19.3 Å². The number of rotatable bonds is 61. The second-order valence-electron chi connectivity index (χ2n) is 22.4. The van der Waals surface area contributed by atoms with E-state index in [2.05, 4.69) is 57.2 Å². The lowest BCUT2D eigenvalue weighted by Crippen LogP contribution is -2.30. The first-order valence-corrected chi connectivity index (χ1v) is 33.0. The monoisotopic (exact) mass is 1040 g/mol. The van der Waals surface area contributed by atoms with E-state index in [1.165, 1.54) is 250 Å². The molecule has 6 nitrogen and oxygen atoms in total. The third-order valence-corrected chi connectivity index (χ3v) is 14.9. The fraction of sp³-hybridized carbons (Fsp3) is 0.868. The predicted octanol–water partition coefficient (Wildman–Crippen LogP) is 22.4. The van der Waals surface area contributed by atoms with Crippen LogP contribution in [0.15, 0.2) is 36.5 Å². The van der Waals surface area contributed by atoms with Crippen LogP contribution in [-0.4, -0.2) is 37.2 Å². The molecule has 0 aliphatic rings. The van der Waals surface area contributed by atoms with Crippen LogP contribution in [0.25, 0.3) is 0 Å². The Morgan fingerprint density at radius 2 is 0.486 bits per heavy atom. The molecule has 1 unspecified atom stereocenters. The molecule has 0 aromatic carbocycles. The number of hydrogen-bond donors (Lipinski definition) is 0. The summed E-state index contributed by atoms with van der Waals surface area (Å²) in [4.78, 5) is 38.2. The normalized spacial score (nSPS) is 12.2. The first-order chi connectivity index (χ1) is 36.5. The molecule has 0 aromatic rings. The molecule has 0 saturated heterocycles. The van der Waals surface area contributed by atoms with E-state index < -0.39 is 6.10 Å². The smallest absolute Gasteiger partial charge is 0.306 e. The number of esters is 3. The zero-order valence-corrected chi connectivity index (χ0v) is 49.9. The first kappa shape index (κ1) is 71.6. The molecule has 0 rings (SSSR count). The highest BCUT2D eigenvalue weighted by atomic mass is 16.6. The zero-order valence-electron chi connectivity index (χ0n) is 49.9. The maximum Gasteiger partial charge on any atom is 0.306 e. The van der Waals surface area contributed by atoms with Crippen molar-refractivity contribution in [3.8, 4) is 0 Å². The molecule has 0 fully saturated rings. The third kappa shape index (κ3) is 60.5. The van der Waals surface area contributed by atoms with E-state index >= 15 is 0 Å². The minimum Gasteiger partial charge on any atom is -0.462 e. The highest BCUT2D eigenvalue weighted by Crippen LogP contribution is 2.18. The van der Waals surface area contributed by atoms with Crippen molar-refractivity contribution in [1.29, 1.82) is 0 Å². The van der Waals surface area contributed by atoms with Crippen LogP contribution in [0.5, 0.6) is 0 Å². The van der Waals surface area contributed by atoms with Crippen LogP contribution in [0.2, 0.25) is 0 Å². The van der Waals surface area contributed by atoms with E-state index in [1.54, 1.807) is 0 Å². The summed E-state index contributed by atoms with van der Waals surface area (Å²) < 4.78 is 16.9. The second kappa shape index (κ2) is 63.2. The molecule has 0 N–H and O–H groups in total. The van der Waals surface area contributed by atoms with Gasteiger partial charge in [-0.15, -0.1) is 0 Å². The summed E-state index contributed by atoms with van der Waals surface area (Å²) in [5.41, 5.74) is 0. The molecule has 74 heavy (non-hydrogen) atoms. The minimum atomic E-state index is -0.772. The number of unbranched alkanes of at least 4 members (excludes halogenated alkanes) is 44. The largest absolute Gasteiger partial charge is 0.462 e. The molecule has 1 atom stereocenters. The highest BCUT2D eigenvalue weighted by Gasteiger charge is 2.19. The van der Waals surface area contributed by atoms with Gasteiger partial charge in [0.1, 0.15) is 13.2 Å². The molecule has 0 heterocycles. The summed E-state index contributed by atoms with van der Waals surface area (Å²) in [7, 11) is 0. The number of carbonyl (C=O) groups excluding carboxylic acids is 3. The second-order valence-corrected chi connectivity index (χ2v) is 22.4. The van der Waals surface area contributed by atoms with Gasteiger partial charge in [-0.2, -0.15) is 0 Å². The van der Waals surface area contributed by atoms with Crippen LogP contribution in [-0.2, 0) is 28.6 Å². The predicted molar refractivity (Wildman–Crippen MR) is 321 cm³/mol. The molecule has 0 aliphatic heterocycles. The van der Waals surface area contributed by atoms with Crippen LogP contribution in [0, 0.1) is 0 Å². The maximum absolute atomic E-state index is 12.9. The van der Waals surface area contributed by atoms with Gasteiger partial charge in [-0.1, -0.05) is 301 Å². The van der Waals surface area contributed by atoms with E-state index in [1.807, 2.05) is 0 Å². The summed E-state index contributed by atoms with van der Waals surface area (Å²) in [6.45, 7) is 6.65. The number of hydrogen-bond acceptors (Lipinski definition) is 6. The lowest BCUT2D eigenvalue weighted by atomic mass is 10.0. The number of allylic oxidation sites excluding steroid dienone is 6. The molecule has 0 spiro atoms. The van der Waals surface area contributed by atoms with Crippen molar-refractivity contribution in [2.24, 2.45) is 0 Å². The Labute approximate surface area is 461 Å². The summed E-state index contributed by atoms with van der Waals surface area (Å²) in [5.74, 6) is -0.860. The number of ether oxygens (including phenoxy) is 3. The summed E-state index contributed by atoms with van der Waals surface area (Å²) in [6.07, 6.45) is 77.5. The quantitative estimate of drug-likeness (QED) is 0.0261. The molecule has 434 valence electrons. The molecule has 0 saturated carbocycles. The lowest BCUT2D eigenvalue weighted by molar-refractivity contribution is -0.167. The van der Waals surface area contributed by atoms with E-state index in [9.17, 15) is 14.4 Å². The third-order valence-electron chi connectivity index (χ3n) is 14.9. The van der Waals surface area contributed by atoms with Crippen molar-refractivity contribution < 1.29 is 28.6 Å². The van der Waals surface area contributed by atoms with Gasteiger partial charge in [0.2, 0.25) is 0 Å². The fourth-order valence-electron chi connectivity index (χ4n) is 9.88.